The van der Waals surface area contributed by atoms with Gasteiger partial charge in [-0.1, -0.05) is 23.8 Å². The van der Waals surface area contributed by atoms with Crippen LogP contribution >= 0.6 is 0 Å². The molecule has 0 aliphatic rings. The number of aryl methyl sites for hydroxylation is 3. The van der Waals surface area contributed by atoms with E-state index in [0.29, 0.717) is 0 Å². The lowest BCUT2D eigenvalue weighted by Gasteiger charge is -2.06. The first kappa shape index (κ1) is 9.00. The van der Waals surface area contributed by atoms with Gasteiger partial charge in [-0.3, -0.25) is 4.68 Å². The van der Waals surface area contributed by atoms with E-state index in [2.05, 4.69) is 37.1 Å². The minimum absolute atomic E-state index is 1.17. The molecule has 14 heavy (non-hydrogen) atoms. The number of aromatic nitrogens is 2. The maximum absolute atomic E-state index is 4.17. The van der Waals surface area contributed by atoms with Crippen LogP contribution in [0.25, 0.3) is 11.3 Å². The molecule has 0 aliphatic heterocycles. The third kappa shape index (κ3) is 1.43. The Kier molecular flexibility index (Phi) is 2.12. The predicted octanol–water partition coefficient (Wildman–Crippen LogP) is 2.70. The Morgan fingerprint density at radius 2 is 1.93 bits per heavy atom. The average molecular weight is 186 g/mol. The van der Waals surface area contributed by atoms with E-state index in [1.54, 1.807) is 0 Å². The molecule has 2 aromatic rings. The lowest BCUT2D eigenvalue weighted by molar-refractivity contribution is 0.775. The molecule has 0 unspecified atom stereocenters. The summed E-state index contributed by atoms with van der Waals surface area (Å²) < 4.78 is 1.90. The molecule has 0 bridgehead atoms. The van der Waals surface area contributed by atoms with Crippen molar-refractivity contribution in [2.45, 2.75) is 13.8 Å². The lowest BCUT2D eigenvalue weighted by Crippen LogP contribution is -1.95. The Hall–Kier alpha value is -1.57. The Balaban J connectivity index is 2.58. The van der Waals surface area contributed by atoms with Gasteiger partial charge < -0.3 is 0 Å². The molecular weight excluding hydrogens is 172 g/mol. The van der Waals surface area contributed by atoms with Gasteiger partial charge in [-0.05, 0) is 25.5 Å². The van der Waals surface area contributed by atoms with Crippen molar-refractivity contribution in [1.29, 1.82) is 0 Å². The molecule has 72 valence electrons. The summed E-state index contributed by atoms with van der Waals surface area (Å²) in [4.78, 5) is 0. The van der Waals surface area contributed by atoms with Crippen molar-refractivity contribution in [2.24, 2.45) is 7.05 Å². The second-order valence-corrected chi connectivity index (χ2v) is 3.66. The van der Waals surface area contributed by atoms with Crippen molar-refractivity contribution >= 4 is 0 Å². The van der Waals surface area contributed by atoms with E-state index in [4.69, 9.17) is 0 Å². The van der Waals surface area contributed by atoms with Crippen LogP contribution in [0.2, 0.25) is 0 Å². The van der Waals surface area contributed by atoms with Crippen LogP contribution in [-0.2, 0) is 7.05 Å². The van der Waals surface area contributed by atoms with Crippen molar-refractivity contribution in [3.05, 3.63) is 41.6 Å². The third-order valence-electron chi connectivity index (χ3n) is 2.48. The summed E-state index contributed by atoms with van der Waals surface area (Å²) in [6.07, 6.45) is 1.83. The molecule has 2 rings (SSSR count). The molecule has 0 aliphatic carbocycles. The minimum Gasteiger partial charge on any atom is -0.268 e. The third-order valence-corrected chi connectivity index (χ3v) is 2.48. The molecule has 1 aromatic heterocycles. The fraction of sp³-hybridized carbons (Fsp3) is 0.250. The van der Waals surface area contributed by atoms with Gasteiger partial charge in [0.25, 0.3) is 0 Å². The first-order valence-corrected chi connectivity index (χ1v) is 4.74. The highest BCUT2D eigenvalue weighted by Gasteiger charge is 2.04. The van der Waals surface area contributed by atoms with E-state index >= 15 is 0 Å². The van der Waals surface area contributed by atoms with Crippen LogP contribution in [0.3, 0.4) is 0 Å². The maximum Gasteiger partial charge on any atom is 0.0681 e. The van der Waals surface area contributed by atoms with Gasteiger partial charge in [-0.15, -0.1) is 0 Å². The highest BCUT2D eigenvalue weighted by atomic mass is 15.3. The van der Waals surface area contributed by atoms with Crippen molar-refractivity contribution in [1.82, 2.24) is 9.78 Å². The standard InChI is InChI=1S/C12H14N2/c1-9-4-5-11(10(2)8-9)12-6-7-13-14(12)3/h4-8H,1-3H3. The summed E-state index contributed by atoms with van der Waals surface area (Å²) in [6, 6.07) is 8.52. The summed E-state index contributed by atoms with van der Waals surface area (Å²) in [5.41, 5.74) is 5.03. The lowest BCUT2D eigenvalue weighted by atomic mass is 10.0. The van der Waals surface area contributed by atoms with E-state index in [1.807, 2.05) is 24.0 Å². The van der Waals surface area contributed by atoms with E-state index in [-0.39, 0.29) is 0 Å². The molecule has 0 spiro atoms. The molecule has 2 nitrogen and oxygen atoms in total. The van der Waals surface area contributed by atoms with Gasteiger partial charge in [-0.25, -0.2) is 0 Å². The van der Waals surface area contributed by atoms with Gasteiger partial charge in [0.05, 0.1) is 5.69 Å². The zero-order chi connectivity index (χ0) is 10.1. The summed E-state index contributed by atoms with van der Waals surface area (Å²) in [6.45, 7) is 4.25. The largest absolute Gasteiger partial charge is 0.268 e. The van der Waals surface area contributed by atoms with Gasteiger partial charge >= 0.3 is 0 Å². The molecule has 0 atom stereocenters. The molecule has 0 N–H and O–H groups in total. The fourth-order valence-corrected chi connectivity index (χ4v) is 1.74. The predicted molar refractivity (Wildman–Crippen MR) is 58.1 cm³/mol. The van der Waals surface area contributed by atoms with E-state index in [1.165, 1.54) is 22.4 Å². The fourth-order valence-electron chi connectivity index (χ4n) is 1.74. The Morgan fingerprint density at radius 1 is 1.14 bits per heavy atom. The van der Waals surface area contributed by atoms with Gasteiger partial charge in [-0.2, -0.15) is 5.10 Å². The molecule has 2 heteroatoms. The molecule has 0 fully saturated rings. The normalized spacial score (nSPS) is 10.5. The summed E-state index contributed by atoms with van der Waals surface area (Å²) >= 11 is 0. The summed E-state index contributed by atoms with van der Waals surface area (Å²) in [5.74, 6) is 0. The molecule has 1 aromatic carbocycles. The summed E-state index contributed by atoms with van der Waals surface area (Å²) in [7, 11) is 1.97. The van der Waals surface area contributed by atoms with Gasteiger partial charge in [0, 0.05) is 18.8 Å². The quantitative estimate of drug-likeness (QED) is 0.669. The van der Waals surface area contributed by atoms with Crippen LogP contribution in [-0.4, -0.2) is 9.78 Å². The van der Waals surface area contributed by atoms with Crippen LogP contribution in [0, 0.1) is 13.8 Å². The number of benzene rings is 1. The van der Waals surface area contributed by atoms with Gasteiger partial charge in [0.2, 0.25) is 0 Å². The second-order valence-electron chi connectivity index (χ2n) is 3.66. The summed E-state index contributed by atoms with van der Waals surface area (Å²) in [5, 5.41) is 4.17. The Labute approximate surface area is 84.2 Å². The van der Waals surface area contributed by atoms with Crippen molar-refractivity contribution in [3.8, 4) is 11.3 Å². The average Bonchev–Trinajstić information content (AvgIpc) is 2.52. The van der Waals surface area contributed by atoms with Crippen molar-refractivity contribution < 1.29 is 0 Å². The highest BCUT2D eigenvalue weighted by molar-refractivity contribution is 5.63. The zero-order valence-corrected chi connectivity index (χ0v) is 8.78. The topological polar surface area (TPSA) is 17.8 Å². The molecule has 0 amide bonds. The smallest absolute Gasteiger partial charge is 0.0681 e. The van der Waals surface area contributed by atoms with Crippen LogP contribution < -0.4 is 0 Å². The molecule has 0 saturated heterocycles. The molecule has 1 heterocycles. The highest BCUT2D eigenvalue weighted by Crippen LogP contribution is 2.22. The SMILES string of the molecule is Cc1ccc(-c2ccnn2C)c(C)c1. The van der Waals surface area contributed by atoms with E-state index in [9.17, 15) is 0 Å². The van der Waals surface area contributed by atoms with Crippen LogP contribution in [0.4, 0.5) is 0 Å². The van der Waals surface area contributed by atoms with E-state index < -0.39 is 0 Å². The number of rotatable bonds is 1. The zero-order valence-electron chi connectivity index (χ0n) is 8.78. The van der Waals surface area contributed by atoms with Crippen molar-refractivity contribution in [2.75, 3.05) is 0 Å². The number of nitrogens with zero attached hydrogens (tertiary/aromatic N) is 2. The van der Waals surface area contributed by atoms with Crippen molar-refractivity contribution in [3.63, 3.8) is 0 Å². The Morgan fingerprint density at radius 3 is 2.50 bits per heavy atom. The van der Waals surface area contributed by atoms with Gasteiger partial charge in [0.1, 0.15) is 0 Å². The number of hydrogen-bond acceptors (Lipinski definition) is 1. The van der Waals surface area contributed by atoms with Crippen LogP contribution in [0.15, 0.2) is 30.5 Å². The molecule has 0 radical (unpaired) electrons. The monoisotopic (exact) mass is 186 g/mol. The minimum atomic E-state index is 1.17. The second kappa shape index (κ2) is 3.29. The first-order valence-electron chi connectivity index (χ1n) is 4.74. The van der Waals surface area contributed by atoms with Crippen LogP contribution in [0.5, 0.6) is 0 Å². The van der Waals surface area contributed by atoms with Crippen LogP contribution in [0.1, 0.15) is 11.1 Å². The Bertz CT molecular complexity index is 455. The molecule has 0 saturated carbocycles. The maximum atomic E-state index is 4.17. The molecular formula is C12H14N2. The van der Waals surface area contributed by atoms with E-state index in [0.717, 1.165) is 0 Å². The number of hydrogen-bond donors (Lipinski definition) is 0. The van der Waals surface area contributed by atoms with Gasteiger partial charge in [0.15, 0.2) is 0 Å². The first-order chi connectivity index (χ1) is 6.68.